The van der Waals surface area contributed by atoms with Crippen molar-refractivity contribution in [3.05, 3.63) is 65.2 Å². The van der Waals surface area contributed by atoms with Crippen molar-refractivity contribution in [2.24, 2.45) is 10.9 Å². The summed E-state index contributed by atoms with van der Waals surface area (Å²) in [6.07, 6.45) is 2.35. The predicted octanol–water partition coefficient (Wildman–Crippen LogP) is 4.24. The first-order chi connectivity index (χ1) is 15.7. The van der Waals surface area contributed by atoms with E-state index >= 15 is 0 Å². The molecule has 0 bridgehead atoms. The van der Waals surface area contributed by atoms with E-state index in [2.05, 4.69) is 65.0 Å². The van der Waals surface area contributed by atoms with Gasteiger partial charge in [-0.05, 0) is 43.9 Å². The number of aryl methyl sites for hydroxylation is 1. The first-order valence-corrected chi connectivity index (χ1v) is 11.6. The molecule has 0 aliphatic carbocycles. The molecule has 0 aromatic heterocycles. The second kappa shape index (κ2) is 13.1. The van der Waals surface area contributed by atoms with Crippen LogP contribution in [0.15, 0.2) is 53.5 Å². The zero-order chi connectivity index (χ0) is 22.6. The Kier molecular flexibility index (Phi) is 9.85. The van der Waals surface area contributed by atoms with E-state index in [9.17, 15) is 0 Å². The number of aliphatic imine (C=N–C) groups is 1. The Bertz CT molecular complexity index is 841. The van der Waals surface area contributed by atoms with Crippen molar-refractivity contribution < 1.29 is 14.2 Å². The van der Waals surface area contributed by atoms with E-state index in [4.69, 9.17) is 14.2 Å². The molecular weight excluding hydrogens is 402 g/mol. The average Bonchev–Trinajstić information content (AvgIpc) is 2.83. The van der Waals surface area contributed by atoms with Crippen molar-refractivity contribution in [3.8, 4) is 5.75 Å². The normalized spacial score (nSPS) is 18.9. The Morgan fingerprint density at radius 1 is 1.12 bits per heavy atom. The molecule has 1 fully saturated rings. The lowest BCUT2D eigenvalue weighted by Gasteiger charge is -2.32. The number of guanidine groups is 1. The van der Waals surface area contributed by atoms with E-state index < -0.39 is 0 Å². The van der Waals surface area contributed by atoms with Crippen LogP contribution in [-0.4, -0.2) is 46.0 Å². The van der Waals surface area contributed by atoms with Crippen molar-refractivity contribution in [1.29, 1.82) is 0 Å². The summed E-state index contributed by atoms with van der Waals surface area (Å²) >= 11 is 0. The van der Waals surface area contributed by atoms with E-state index in [1.165, 1.54) is 11.1 Å². The number of hydrogen-bond acceptors (Lipinski definition) is 4. The molecule has 0 radical (unpaired) electrons. The Morgan fingerprint density at radius 2 is 1.97 bits per heavy atom. The molecule has 3 rings (SSSR count). The van der Waals surface area contributed by atoms with E-state index in [0.717, 1.165) is 43.3 Å². The zero-order valence-electron chi connectivity index (χ0n) is 19.6. The number of benzene rings is 2. The summed E-state index contributed by atoms with van der Waals surface area (Å²) < 4.78 is 17.5. The summed E-state index contributed by atoms with van der Waals surface area (Å²) in [6, 6.07) is 16.8. The Hall–Kier alpha value is -2.57. The van der Waals surface area contributed by atoms with Crippen molar-refractivity contribution in [2.45, 2.75) is 39.3 Å². The Morgan fingerprint density at radius 3 is 2.75 bits per heavy atom. The highest BCUT2D eigenvalue weighted by molar-refractivity contribution is 5.79. The lowest BCUT2D eigenvalue weighted by molar-refractivity contribution is -0.0265. The lowest BCUT2D eigenvalue weighted by Crippen LogP contribution is -2.41. The molecule has 2 aromatic carbocycles. The van der Waals surface area contributed by atoms with Gasteiger partial charge in [-0.15, -0.1) is 0 Å². The van der Waals surface area contributed by atoms with Gasteiger partial charge in [0.2, 0.25) is 0 Å². The predicted molar refractivity (Wildman–Crippen MR) is 129 cm³/mol. The summed E-state index contributed by atoms with van der Waals surface area (Å²) in [5, 5.41) is 6.93. The summed E-state index contributed by atoms with van der Waals surface area (Å²) in [4.78, 5) is 4.41. The van der Waals surface area contributed by atoms with E-state index in [0.29, 0.717) is 32.3 Å². The van der Waals surface area contributed by atoms with Gasteiger partial charge in [0.25, 0.3) is 0 Å². The fourth-order valence-electron chi connectivity index (χ4n) is 3.99. The van der Waals surface area contributed by atoms with Crippen LogP contribution >= 0.6 is 0 Å². The fraction of sp³-hybridized carbons (Fsp3) is 0.500. The second-order valence-electron chi connectivity index (χ2n) is 8.07. The average molecular weight is 440 g/mol. The SMILES string of the molecule is CCOCCOc1cc(C)ccc1CNC(=NC)NCC1CCCOC1c1ccccc1. The minimum absolute atomic E-state index is 0.123. The maximum atomic E-state index is 6.13. The van der Waals surface area contributed by atoms with Crippen LogP contribution < -0.4 is 15.4 Å². The van der Waals surface area contributed by atoms with Crippen LogP contribution in [0.5, 0.6) is 5.75 Å². The van der Waals surface area contributed by atoms with Gasteiger partial charge >= 0.3 is 0 Å². The van der Waals surface area contributed by atoms with Gasteiger partial charge in [0.05, 0.1) is 12.7 Å². The maximum Gasteiger partial charge on any atom is 0.191 e. The molecule has 174 valence electrons. The van der Waals surface area contributed by atoms with Crippen molar-refractivity contribution in [2.75, 3.05) is 40.0 Å². The van der Waals surface area contributed by atoms with Crippen LogP contribution in [0, 0.1) is 12.8 Å². The molecule has 0 saturated carbocycles. The molecule has 1 aliphatic rings. The smallest absolute Gasteiger partial charge is 0.191 e. The molecule has 32 heavy (non-hydrogen) atoms. The van der Waals surface area contributed by atoms with E-state index in [-0.39, 0.29) is 6.10 Å². The maximum absolute atomic E-state index is 6.13. The zero-order valence-corrected chi connectivity index (χ0v) is 19.6. The van der Waals surface area contributed by atoms with Crippen molar-refractivity contribution >= 4 is 5.96 Å². The van der Waals surface area contributed by atoms with Crippen molar-refractivity contribution in [3.63, 3.8) is 0 Å². The van der Waals surface area contributed by atoms with Gasteiger partial charge < -0.3 is 24.8 Å². The molecule has 1 aliphatic heterocycles. The number of rotatable bonds is 10. The topological polar surface area (TPSA) is 64.1 Å². The van der Waals surface area contributed by atoms with Gasteiger partial charge in [-0.1, -0.05) is 42.5 Å². The van der Waals surface area contributed by atoms with Crippen LogP contribution in [0.3, 0.4) is 0 Å². The van der Waals surface area contributed by atoms with Gasteiger partial charge in [0.1, 0.15) is 12.4 Å². The molecular formula is C26H37N3O3. The van der Waals surface area contributed by atoms with E-state index in [1.807, 2.05) is 13.0 Å². The molecule has 6 nitrogen and oxygen atoms in total. The standard InChI is InChI=1S/C26H37N3O3/c1-4-30-15-16-31-24-17-20(2)12-13-22(24)18-28-26(27-3)29-19-23-11-8-14-32-25(23)21-9-6-5-7-10-21/h5-7,9-10,12-13,17,23,25H,4,8,11,14-16,18-19H2,1-3H3,(H2,27,28,29). The van der Waals surface area contributed by atoms with Crippen molar-refractivity contribution in [1.82, 2.24) is 10.6 Å². The first kappa shape index (κ1) is 24.1. The highest BCUT2D eigenvalue weighted by Gasteiger charge is 2.27. The molecule has 0 spiro atoms. The quantitative estimate of drug-likeness (QED) is 0.329. The Labute approximate surface area is 192 Å². The molecule has 2 atom stereocenters. The molecule has 2 N–H and O–H groups in total. The van der Waals surface area contributed by atoms with Gasteiger partial charge in [-0.25, -0.2) is 0 Å². The number of hydrogen-bond donors (Lipinski definition) is 2. The Balaban J connectivity index is 1.55. The molecule has 2 aromatic rings. The van der Waals surface area contributed by atoms with Gasteiger partial charge in [0.15, 0.2) is 5.96 Å². The largest absolute Gasteiger partial charge is 0.491 e. The third-order valence-electron chi connectivity index (χ3n) is 5.69. The minimum Gasteiger partial charge on any atom is -0.491 e. The van der Waals surface area contributed by atoms with Crippen LogP contribution in [0.4, 0.5) is 0 Å². The van der Waals surface area contributed by atoms with Gasteiger partial charge in [0, 0.05) is 44.8 Å². The van der Waals surface area contributed by atoms with Gasteiger partial charge in [-0.3, -0.25) is 4.99 Å². The summed E-state index contributed by atoms with van der Waals surface area (Å²) in [5.41, 5.74) is 3.51. The summed E-state index contributed by atoms with van der Waals surface area (Å²) in [6.45, 7) is 8.16. The molecule has 1 heterocycles. The number of ether oxygens (including phenoxy) is 3. The second-order valence-corrected chi connectivity index (χ2v) is 8.07. The summed E-state index contributed by atoms with van der Waals surface area (Å²) in [5.74, 6) is 2.07. The number of nitrogens with zero attached hydrogens (tertiary/aromatic N) is 1. The van der Waals surface area contributed by atoms with Crippen LogP contribution in [-0.2, 0) is 16.0 Å². The molecule has 2 unspecified atom stereocenters. The minimum atomic E-state index is 0.123. The highest BCUT2D eigenvalue weighted by atomic mass is 16.5. The molecule has 6 heteroatoms. The first-order valence-electron chi connectivity index (χ1n) is 11.6. The van der Waals surface area contributed by atoms with Crippen LogP contribution in [0.1, 0.15) is 42.6 Å². The monoisotopic (exact) mass is 439 g/mol. The van der Waals surface area contributed by atoms with Gasteiger partial charge in [-0.2, -0.15) is 0 Å². The molecule has 1 saturated heterocycles. The van der Waals surface area contributed by atoms with E-state index in [1.54, 1.807) is 7.05 Å². The third-order valence-corrected chi connectivity index (χ3v) is 5.69. The third kappa shape index (κ3) is 7.24. The lowest BCUT2D eigenvalue weighted by atomic mass is 9.89. The number of nitrogens with one attached hydrogen (secondary N) is 2. The van der Waals surface area contributed by atoms with Crippen LogP contribution in [0.25, 0.3) is 0 Å². The summed E-state index contributed by atoms with van der Waals surface area (Å²) in [7, 11) is 1.80. The highest BCUT2D eigenvalue weighted by Crippen LogP contribution is 2.33. The molecule has 0 amide bonds. The fourth-order valence-corrected chi connectivity index (χ4v) is 3.99. The van der Waals surface area contributed by atoms with Crippen LogP contribution in [0.2, 0.25) is 0 Å².